The van der Waals surface area contributed by atoms with Crippen LogP contribution in [0.1, 0.15) is 5.56 Å². The molecule has 1 atom stereocenters. The Labute approximate surface area is 121 Å². The molecule has 0 N–H and O–H groups in total. The zero-order valence-corrected chi connectivity index (χ0v) is 11.4. The highest BCUT2D eigenvalue weighted by molar-refractivity contribution is 8.00. The first kappa shape index (κ1) is 13.7. The Morgan fingerprint density at radius 1 is 1.45 bits per heavy atom. The molecule has 1 amide bonds. The summed E-state index contributed by atoms with van der Waals surface area (Å²) in [7, 11) is 0. The Morgan fingerprint density at radius 2 is 2.20 bits per heavy atom. The molecule has 3 rings (SSSR count). The van der Waals surface area contributed by atoms with Crippen molar-refractivity contribution < 1.29 is 18.0 Å². The van der Waals surface area contributed by atoms with Gasteiger partial charge in [0.15, 0.2) is 5.82 Å². The van der Waals surface area contributed by atoms with Crippen molar-refractivity contribution in [1.82, 2.24) is 4.98 Å². The number of thioether (sulfide) groups is 1. The number of fused-ring (bicyclic) bond motifs is 1. The number of hydrogen-bond donors (Lipinski definition) is 0. The molecule has 1 aromatic heterocycles. The quantitative estimate of drug-likeness (QED) is 0.799. The molecule has 1 fully saturated rings. The first-order valence-electron chi connectivity index (χ1n) is 5.60. The van der Waals surface area contributed by atoms with Crippen molar-refractivity contribution in [1.29, 1.82) is 0 Å². The second-order valence-electron chi connectivity index (χ2n) is 4.34. The Bertz CT molecular complexity index is 619. The zero-order chi connectivity index (χ0) is 14.5. The molecule has 0 radical (unpaired) electrons. The van der Waals surface area contributed by atoms with Gasteiger partial charge < -0.3 is 0 Å². The number of halogens is 4. The summed E-state index contributed by atoms with van der Waals surface area (Å²) in [5, 5.41) is 4.86. The molecule has 2 aliphatic rings. The number of hydrogen-bond acceptors (Lipinski definition) is 4. The first-order valence-corrected chi connectivity index (χ1v) is 7.13. The summed E-state index contributed by atoms with van der Waals surface area (Å²) in [5.74, 6) is 0.619. The predicted octanol–water partition coefficient (Wildman–Crippen LogP) is 2.82. The second kappa shape index (κ2) is 4.63. The van der Waals surface area contributed by atoms with Crippen LogP contribution in [-0.4, -0.2) is 28.1 Å². The number of nitrogens with zero attached hydrogens (tertiary/aromatic N) is 3. The maximum absolute atomic E-state index is 12.5. The van der Waals surface area contributed by atoms with Crippen molar-refractivity contribution in [2.24, 2.45) is 11.0 Å². The SMILES string of the molecule is O=C1C2CSCC2=NN1c1ncc(C(F)(F)F)cc1Cl. The molecule has 20 heavy (non-hydrogen) atoms. The standard InChI is InChI=1S/C11H7ClF3N3OS/c12-7-1-5(11(13,14)15)2-16-9(7)18-10(19)6-3-20-4-8(6)17-18/h1-2,6H,3-4H2. The molecule has 3 heterocycles. The molecule has 4 nitrogen and oxygen atoms in total. The maximum Gasteiger partial charge on any atom is 0.417 e. The summed E-state index contributed by atoms with van der Waals surface area (Å²) in [5.41, 5.74) is -0.237. The molecule has 0 aliphatic carbocycles. The fourth-order valence-electron chi connectivity index (χ4n) is 2.01. The van der Waals surface area contributed by atoms with E-state index in [1.54, 1.807) is 11.8 Å². The number of hydrazone groups is 1. The highest BCUT2D eigenvalue weighted by atomic mass is 35.5. The molecule has 0 saturated carbocycles. The highest BCUT2D eigenvalue weighted by Crippen LogP contribution is 2.37. The van der Waals surface area contributed by atoms with Gasteiger partial charge >= 0.3 is 6.18 Å². The van der Waals surface area contributed by atoms with E-state index in [0.717, 1.165) is 16.8 Å². The van der Waals surface area contributed by atoms with Gasteiger partial charge in [-0.1, -0.05) is 11.6 Å². The Morgan fingerprint density at radius 3 is 2.80 bits per heavy atom. The van der Waals surface area contributed by atoms with Crippen LogP contribution >= 0.6 is 23.4 Å². The molecule has 1 aromatic rings. The van der Waals surface area contributed by atoms with Crippen LogP contribution in [0.15, 0.2) is 17.4 Å². The number of anilines is 1. The molecule has 9 heteroatoms. The van der Waals surface area contributed by atoms with Crippen LogP contribution in [-0.2, 0) is 11.0 Å². The van der Waals surface area contributed by atoms with Gasteiger partial charge in [-0.05, 0) is 6.07 Å². The minimum absolute atomic E-state index is 0.0587. The molecule has 0 bridgehead atoms. The van der Waals surface area contributed by atoms with Crippen molar-refractivity contribution in [3.05, 3.63) is 22.8 Å². The van der Waals surface area contributed by atoms with E-state index in [9.17, 15) is 18.0 Å². The van der Waals surface area contributed by atoms with Gasteiger partial charge in [0, 0.05) is 17.7 Å². The molecule has 2 aliphatic heterocycles. The van der Waals surface area contributed by atoms with Gasteiger partial charge in [0.2, 0.25) is 0 Å². The van der Waals surface area contributed by atoms with E-state index in [0.29, 0.717) is 17.7 Å². The van der Waals surface area contributed by atoms with Crippen LogP contribution in [0.5, 0.6) is 0 Å². The van der Waals surface area contributed by atoms with Crippen LogP contribution < -0.4 is 5.01 Å². The number of rotatable bonds is 1. The predicted molar refractivity (Wildman–Crippen MR) is 70.0 cm³/mol. The Balaban J connectivity index is 1.96. The third-order valence-corrected chi connectivity index (χ3v) is 4.37. The van der Waals surface area contributed by atoms with Crippen LogP contribution in [0, 0.1) is 5.92 Å². The summed E-state index contributed by atoms with van der Waals surface area (Å²) in [6, 6.07) is 0.750. The van der Waals surface area contributed by atoms with Crippen LogP contribution in [0.25, 0.3) is 0 Å². The molecule has 106 valence electrons. The molecular weight excluding hydrogens is 315 g/mol. The average Bonchev–Trinajstić information content (AvgIpc) is 2.92. The fourth-order valence-corrected chi connectivity index (χ4v) is 3.41. The van der Waals surface area contributed by atoms with Gasteiger partial charge in [-0.25, -0.2) is 4.98 Å². The zero-order valence-electron chi connectivity index (χ0n) is 9.82. The lowest BCUT2D eigenvalue weighted by Crippen LogP contribution is -2.28. The summed E-state index contributed by atoms with van der Waals surface area (Å²) in [4.78, 5) is 15.7. The topological polar surface area (TPSA) is 45.6 Å². The minimum Gasteiger partial charge on any atom is -0.272 e. The van der Waals surface area contributed by atoms with Gasteiger partial charge in [-0.15, -0.1) is 0 Å². The van der Waals surface area contributed by atoms with E-state index < -0.39 is 11.7 Å². The van der Waals surface area contributed by atoms with E-state index in [1.165, 1.54) is 0 Å². The third kappa shape index (κ3) is 2.16. The van der Waals surface area contributed by atoms with Crippen molar-refractivity contribution in [3.63, 3.8) is 0 Å². The van der Waals surface area contributed by atoms with E-state index in [-0.39, 0.29) is 22.7 Å². The van der Waals surface area contributed by atoms with E-state index in [2.05, 4.69) is 10.1 Å². The Hall–Kier alpha value is -1.28. The molecular formula is C11H7ClF3N3OS. The van der Waals surface area contributed by atoms with Gasteiger partial charge in [-0.3, -0.25) is 4.79 Å². The average molecular weight is 322 g/mol. The number of carbonyl (C=O) groups is 1. The number of pyridine rings is 1. The lowest BCUT2D eigenvalue weighted by atomic mass is 10.1. The maximum atomic E-state index is 12.5. The highest BCUT2D eigenvalue weighted by Gasteiger charge is 2.41. The van der Waals surface area contributed by atoms with E-state index >= 15 is 0 Å². The van der Waals surface area contributed by atoms with Crippen LogP contribution in [0.3, 0.4) is 0 Å². The van der Waals surface area contributed by atoms with Crippen molar-refractivity contribution >= 4 is 40.8 Å². The lowest BCUT2D eigenvalue weighted by Gasteiger charge is -2.15. The third-order valence-electron chi connectivity index (χ3n) is 3.02. The van der Waals surface area contributed by atoms with Crippen molar-refractivity contribution in [2.45, 2.75) is 6.18 Å². The molecule has 1 unspecified atom stereocenters. The smallest absolute Gasteiger partial charge is 0.272 e. The summed E-state index contributed by atoms with van der Waals surface area (Å²) < 4.78 is 37.6. The minimum atomic E-state index is -4.52. The molecule has 0 spiro atoms. The molecule has 1 saturated heterocycles. The summed E-state index contributed by atoms with van der Waals surface area (Å²) >= 11 is 7.40. The van der Waals surface area contributed by atoms with Gasteiger partial charge in [-0.2, -0.15) is 35.0 Å². The summed E-state index contributed by atoms with van der Waals surface area (Å²) in [6.45, 7) is 0. The van der Waals surface area contributed by atoms with Gasteiger partial charge in [0.1, 0.15) is 0 Å². The normalized spacial score (nSPS) is 22.2. The Kier molecular flexibility index (Phi) is 3.17. The number of alkyl halides is 3. The number of carbonyl (C=O) groups excluding carboxylic acids is 1. The van der Waals surface area contributed by atoms with Crippen LogP contribution in [0.4, 0.5) is 19.0 Å². The second-order valence-corrected chi connectivity index (χ2v) is 5.77. The lowest BCUT2D eigenvalue weighted by molar-refractivity contribution is -0.137. The number of aromatic nitrogens is 1. The fraction of sp³-hybridized carbons (Fsp3) is 0.364. The van der Waals surface area contributed by atoms with E-state index in [4.69, 9.17) is 11.6 Å². The summed E-state index contributed by atoms with van der Waals surface area (Å²) in [6.07, 6.45) is -3.87. The largest absolute Gasteiger partial charge is 0.417 e. The van der Waals surface area contributed by atoms with Gasteiger partial charge in [0.25, 0.3) is 5.91 Å². The van der Waals surface area contributed by atoms with Crippen molar-refractivity contribution in [3.8, 4) is 0 Å². The van der Waals surface area contributed by atoms with Crippen LogP contribution in [0.2, 0.25) is 5.02 Å². The number of amides is 1. The van der Waals surface area contributed by atoms with Crippen molar-refractivity contribution in [2.75, 3.05) is 16.5 Å². The monoisotopic (exact) mass is 321 g/mol. The van der Waals surface area contributed by atoms with Gasteiger partial charge in [0.05, 0.1) is 22.2 Å². The first-order chi connectivity index (χ1) is 9.38. The van der Waals surface area contributed by atoms with E-state index in [1.807, 2.05) is 0 Å². The molecule has 0 aromatic carbocycles.